The van der Waals surface area contributed by atoms with Crippen LogP contribution in [-0.4, -0.2) is 36.3 Å². The predicted molar refractivity (Wildman–Crippen MR) is 84.2 cm³/mol. The highest BCUT2D eigenvalue weighted by molar-refractivity contribution is 5.93. The van der Waals surface area contributed by atoms with Gasteiger partial charge in [-0.1, -0.05) is 6.92 Å². The van der Waals surface area contributed by atoms with Crippen molar-refractivity contribution in [1.82, 2.24) is 4.90 Å². The zero-order valence-corrected chi connectivity index (χ0v) is 12.7. The molecule has 2 rings (SSSR count). The van der Waals surface area contributed by atoms with Gasteiger partial charge in [0.05, 0.1) is 6.54 Å². The van der Waals surface area contributed by atoms with E-state index >= 15 is 0 Å². The molecule has 114 valence electrons. The average molecular weight is 289 g/mol. The number of likely N-dealkylation sites (tertiary alicyclic amines) is 1. The van der Waals surface area contributed by atoms with Crippen molar-refractivity contribution in [2.45, 2.75) is 26.7 Å². The molecule has 0 bridgehead atoms. The zero-order chi connectivity index (χ0) is 15.2. The van der Waals surface area contributed by atoms with Crippen LogP contribution in [0, 0.1) is 5.92 Å². The Labute approximate surface area is 125 Å². The lowest BCUT2D eigenvalue weighted by atomic mass is 10.0. The quantitative estimate of drug-likeness (QED) is 0.894. The molecule has 1 saturated heterocycles. The summed E-state index contributed by atoms with van der Waals surface area (Å²) in [6, 6.07) is 7.14. The van der Waals surface area contributed by atoms with E-state index in [1.807, 2.05) is 0 Å². The SMILES string of the molecule is CC(=O)Nc1ccc(NC(=O)CN2CCC[C@H](C)C2)cc1. The minimum atomic E-state index is -0.106. The van der Waals surface area contributed by atoms with Gasteiger partial charge in [-0.25, -0.2) is 0 Å². The Kier molecular flexibility index (Phi) is 5.33. The second-order valence-electron chi connectivity index (χ2n) is 5.79. The lowest BCUT2D eigenvalue weighted by Gasteiger charge is -2.30. The Morgan fingerprint density at radius 1 is 1.19 bits per heavy atom. The van der Waals surface area contributed by atoms with Gasteiger partial charge in [0.1, 0.15) is 0 Å². The van der Waals surface area contributed by atoms with Crippen LogP contribution < -0.4 is 10.6 Å². The van der Waals surface area contributed by atoms with E-state index in [2.05, 4.69) is 22.5 Å². The van der Waals surface area contributed by atoms with Gasteiger partial charge in [-0.2, -0.15) is 0 Å². The predicted octanol–water partition coefficient (Wildman–Crippen LogP) is 2.32. The van der Waals surface area contributed by atoms with Crippen molar-refractivity contribution in [2.24, 2.45) is 5.92 Å². The number of rotatable bonds is 4. The first-order chi connectivity index (χ1) is 10.0. The normalized spacial score (nSPS) is 19.0. The molecule has 1 aliphatic heterocycles. The van der Waals surface area contributed by atoms with Crippen LogP contribution in [0.4, 0.5) is 11.4 Å². The van der Waals surface area contributed by atoms with Crippen molar-refractivity contribution in [3.8, 4) is 0 Å². The first-order valence-corrected chi connectivity index (χ1v) is 7.43. The van der Waals surface area contributed by atoms with Gasteiger partial charge in [-0.3, -0.25) is 14.5 Å². The number of carbonyl (C=O) groups is 2. The Hall–Kier alpha value is -1.88. The molecule has 5 nitrogen and oxygen atoms in total. The van der Waals surface area contributed by atoms with Crippen molar-refractivity contribution in [2.75, 3.05) is 30.3 Å². The van der Waals surface area contributed by atoms with E-state index < -0.39 is 0 Å². The molecule has 1 aromatic rings. The van der Waals surface area contributed by atoms with E-state index in [4.69, 9.17) is 0 Å². The van der Waals surface area contributed by atoms with Gasteiger partial charge in [-0.15, -0.1) is 0 Å². The average Bonchev–Trinajstić information content (AvgIpc) is 2.40. The summed E-state index contributed by atoms with van der Waals surface area (Å²) in [5.74, 6) is 0.575. The van der Waals surface area contributed by atoms with Gasteiger partial charge in [0, 0.05) is 24.8 Å². The first kappa shape index (κ1) is 15.5. The number of nitrogens with zero attached hydrogens (tertiary/aromatic N) is 1. The molecule has 0 radical (unpaired) electrons. The fourth-order valence-corrected chi connectivity index (χ4v) is 2.67. The highest BCUT2D eigenvalue weighted by Crippen LogP contribution is 2.16. The van der Waals surface area contributed by atoms with Crippen LogP contribution in [0.25, 0.3) is 0 Å². The minimum absolute atomic E-state index is 0.0105. The van der Waals surface area contributed by atoms with Gasteiger partial charge >= 0.3 is 0 Å². The van der Waals surface area contributed by atoms with Gasteiger partial charge in [0.25, 0.3) is 0 Å². The molecule has 1 aromatic carbocycles. The second kappa shape index (κ2) is 7.22. The summed E-state index contributed by atoms with van der Waals surface area (Å²) in [5.41, 5.74) is 1.48. The zero-order valence-electron chi connectivity index (χ0n) is 12.7. The first-order valence-electron chi connectivity index (χ1n) is 7.43. The molecule has 21 heavy (non-hydrogen) atoms. The molecule has 0 aliphatic carbocycles. The standard InChI is InChI=1S/C16H23N3O2/c1-12-4-3-9-19(10-12)11-16(21)18-15-7-5-14(6-8-15)17-13(2)20/h5-8,12H,3-4,9-11H2,1-2H3,(H,17,20)(H,18,21)/t12-/m0/s1. The smallest absolute Gasteiger partial charge is 0.238 e. The van der Waals surface area contributed by atoms with E-state index in [1.165, 1.54) is 19.8 Å². The summed E-state index contributed by atoms with van der Waals surface area (Å²) >= 11 is 0. The van der Waals surface area contributed by atoms with Gasteiger partial charge in [-0.05, 0) is 49.6 Å². The number of anilines is 2. The van der Waals surface area contributed by atoms with E-state index in [1.54, 1.807) is 24.3 Å². The summed E-state index contributed by atoms with van der Waals surface area (Å²) in [4.78, 5) is 25.2. The van der Waals surface area contributed by atoms with Crippen molar-refractivity contribution in [3.05, 3.63) is 24.3 Å². The molecular weight excluding hydrogens is 266 g/mol. The Morgan fingerprint density at radius 3 is 2.38 bits per heavy atom. The molecule has 2 N–H and O–H groups in total. The lowest BCUT2D eigenvalue weighted by molar-refractivity contribution is -0.117. The fraction of sp³-hybridized carbons (Fsp3) is 0.500. The fourth-order valence-electron chi connectivity index (χ4n) is 2.67. The summed E-state index contributed by atoms with van der Waals surface area (Å²) in [5, 5.41) is 5.59. The van der Waals surface area contributed by atoms with Gasteiger partial charge < -0.3 is 10.6 Å². The van der Waals surface area contributed by atoms with Gasteiger partial charge in [0.15, 0.2) is 0 Å². The Balaban J connectivity index is 1.83. The van der Waals surface area contributed by atoms with E-state index in [9.17, 15) is 9.59 Å². The third-order valence-electron chi connectivity index (χ3n) is 3.60. The van der Waals surface area contributed by atoms with E-state index in [0.29, 0.717) is 12.5 Å². The maximum absolute atomic E-state index is 12.0. The maximum Gasteiger partial charge on any atom is 0.238 e. The molecule has 1 fully saturated rings. The molecule has 0 unspecified atom stereocenters. The van der Waals surface area contributed by atoms with Crippen molar-refractivity contribution in [3.63, 3.8) is 0 Å². The summed E-state index contributed by atoms with van der Waals surface area (Å²) in [6.07, 6.45) is 2.42. The number of hydrogen-bond acceptors (Lipinski definition) is 3. The van der Waals surface area contributed by atoms with E-state index in [0.717, 1.165) is 24.5 Å². The van der Waals surface area contributed by atoms with Crippen molar-refractivity contribution in [1.29, 1.82) is 0 Å². The van der Waals surface area contributed by atoms with Crippen molar-refractivity contribution < 1.29 is 9.59 Å². The summed E-state index contributed by atoms with van der Waals surface area (Å²) < 4.78 is 0. The van der Waals surface area contributed by atoms with Crippen LogP contribution in [0.2, 0.25) is 0 Å². The largest absolute Gasteiger partial charge is 0.326 e. The number of amides is 2. The molecule has 0 saturated carbocycles. The number of hydrogen-bond donors (Lipinski definition) is 2. The number of benzene rings is 1. The topological polar surface area (TPSA) is 61.4 Å². The monoisotopic (exact) mass is 289 g/mol. The lowest BCUT2D eigenvalue weighted by Crippen LogP contribution is -2.39. The summed E-state index contributed by atoms with van der Waals surface area (Å²) in [6.45, 7) is 6.13. The Bertz CT molecular complexity index is 499. The maximum atomic E-state index is 12.0. The molecule has 1 aliphatic rings. The molecule has 2 amide bonds. The molecule has 0 aromatic heterocycles. The third-order valence-corrected chi connectivity index (χ3v) is 3.60. The molecule has 1 heterocycles. The molecule has 0 spiro atoms. The van der Waals surface area contributed by atoms with Crippen LogP contribution in [-0.2, 0) is 9.59 Å². The van der Waals surface area contributed by atoms with Crippen LogP contribution in [0.1, 0.15) is 26.7 Å². The number of nitrogens with one attached hydrogen (secondary N) is 2. The van der Waals surface area contributed by atoms with E-state index in [-0.39, 0.29) is 11.8 Å². The molecule has 5 heteroatoms. The Morgan fingerprint density at radius 2 is 1.81 bits per heavy atom. The van der Waals surface area contributed by atoms with Gasteiger partial charge in [0.2, 0.25) is 11.8 Å². The van der Waals surface area contributed by atoms with Crippen LogP contribution in [0.3, 0.4) is 0 Å². The minimum Gasteiger partial charge on any atom is -0.326 e. The third kappa shape index (κ3) is 5.19. The van der Waals surface area contributed by atoms with Crippen LogP contribution >= 0.6 is 0 Å². The highest BCUT2D eigenvalue weighted by atomic mass is 16.2. The summed E-state index contributed by atoms with van der Waals surface area (Å²) in [7, 11) is 0. The highest BCUT2D eigenvalue weighted by Gasteiger charge is 2.18. The second-order valence-corrected chi connectivity index (χ2v) is 5.79. The molecule has 1 atom stereocenters. The van der Waals surface area contributed by atoms with Crippen LogP contribution in [0.15, 0.2) is 24.3 Å². The number of carbonyl (C=O) groups excluding carboxylic acids is 2. The number of piperidine rings is 1. The van der Waals surface area contributed by atoms with Crippen molar-refractivity contribution >= 4 is 23.2 Å². The van der Waals surface area contributed by atoms with Crippen LogP contribution in [0.5, 0.6) is 0 Å². The molecular formula is C16H23N3O2.